The average molecular weight is 504 g/mol. The summed E-state index contributed by atoms with van der Waals surface area (Å²) < 4.78 is 17.1. The number of amides is 2. The summed E-state index contributed by atoms with van der Waals surface area (Å²) >= 11 is 0. The molecule has 1 aromatic carbocycles. The molecule has 3 aliphatic heterocycles. The van der Waals surface area contributed by atoms with Crippen molar-refractivity contribution in [2.45, 2.75) is 83.9 Å². The van der Waals surface area contributed by atoms with Crippen molar-refractivity contribution in [2.75, 3.05) is 51.5 Å². The third-order valence-corrected chi connectivity index (χ3v) is 7.17. The number of carbonyl (C=O) groups excluding carboxylic acids is 2. The van der Waals surface area contributed by atoms with Crippen molar-refractivity contribution in [3.63, 3.8) is 0 Å². The summed E-state index contributed by atoms with van der Waals surface area (Å²) in [5.74, 6) is 0.646. The number of nitrogens with zero attached hydrogens (tertiary/aromatic N) is 2. The van der Waals surface area contributed by atoms with Gasteiger partial charge in [-0.15, -0.1) is 0 Å². The summed E-state index contributed by atoms with van der Waals surface area (Å²) in [6.45, 7) is 12.2. The fourth-order valence-corrected chi connectivity index (χ4v) is 5.35. The van der Waals surface area contributed by atoms with E-state index < -0.39 is 5.60 Å². The molecule has 0 aliphatic carbocycles. The lowest BCUT2D eigenvalue weighted by Crippen LogP contribution is -2.58. The van der Waals surface area contributed by atoms with Crippen LogP contribution in [0.15, 0.2) is 18.2 Å². The second-order valence-electron chi connectivity index (χ2n) is 9.85. The van der Waals surface area contributed by atoms with Crippen LogP contribution in [0.1, 0.15) is 76.6 Å². The van der Waals surface area contributed by atoms with Gasteiger partial charge in [0.25, 0.3) is 11.8 Å². The summed E-state index contributed by atoms with van der Waals surface area (Å²) in [6.07, 6.45) is 4.82. The van der Waals surface area contributed by atoms with E-state index in [1.54, 1.807) is 7.11 Å². The summed E-state index contributed by atoms with van der Waals surface area (Å²) in [5.41, 5.74) is 0.408. The number of piperidine rings is 1. The molecule has 0 aromatic heterocycles. The van der Waals surface area contributed by atoms with Crippen LogP contribution in [0, 0.1) is 0 Å². The summed E-state index contributed by atoms with van der Waals surface area (Å²) in [5, 5.41) is 3.42. The van der Waals surface area contributed by atoms with Crippen molar-refractivity contribution in [1.29, 1.82) is 0 Å². The molecule has 36 heavy (non-hydrogen) atoms. The number of ether oxygens (including phenoxy) is 3. The van der Waals surface area contributed by atoms with Gasteiger partial charge in [-0.2, -0.15) is 0 Å². The van der Waals surface area contributed by atoms with Crippen molar-refractivity contribution in [3.05, 3.63) is 23.8 Å². The summed E-state index contributed by atoms with van der Waals surface area (Å²) in [4.78, 5) is 31.2. The van der Waals surface area contributed by atoms with Crippen LogP contribution in [-0.2, 0) is 14.3 Å². The number of rotatable bonds is 8. The number of carbonyl (C=O) groups is 2. The second-order valence-corrected chi connectivity index (χ2v) is 9.85. The van der Waals surface area contributed by atoms with Crippen LogP contribution in [-0.4, -0.2) is 81.0 Å². The van der Waals surface area contributed by atoms with Crippen LogP contribution in [0.4, 0.5) is 5.69 Å². The molecular weight excluding hydrogens is 458 g/mol. The molecule has 202 valence electrons. The number of benzene rings is 1. The fraction of sp³-hybridized carbons (Fsp3) is 0.714. The molecule has 0 unspecified atom stereocenters. The number of nitrogens with one attached hydrogen (secondary N) is 1. The first kappa shape index (κ1) is 28.4. The van der Waals surface area contributed by atoms with Crippen LogP contribution in [0.25, 0.3) is 0 Å². The highest BCUT2D eigenvalue weighted by Crippen LogP contribution is 2.42. The van der Waals surface area contributed by atoms with Crippen LogP contribution < -0.4 is 15.0 Å². The molecule has 1 atom stereocenters. The number of methoxy groups -OCH3 is 1. The molecule has 1 aromatic rings. The van der Waals surface area contributed by atoms with Crippen molar-refractivity contribution in [2.24, 2.45) is 0 Å². The fourth-order valence-electron chi connectivity index (χ4n) is 5.35. The molecule has 0 saturated carbocycles. The lowest BCUT2D eigenvalue weighted by Gasteiger charge is -2.44. The van der Waals surface area contributed by atoms with Gasteiger partial charge in [-0.25, -0.2) is 0 Å². The summed E-state index contributed by atoms with van der Waals surface area (Å²) in [7, 11) is 1.69. The maximum atomic E-state index is 13.7. The third-order valence-electron chi connectivity index (χ3n) is 7.17. The Hall–Kier alpha value is -2.16. The normalized spacial score (nSPS) is 20.9. The minimum Gasteiger partial charge on any atom is -0.475 e. The van der Waals surface area contributed by atoms with Crippen molar-refractivity contribution in [1.82, 2.24) is 10.2 Å². The quantitative estimate of drug-likeness (QED) is 0.540. The molecule has 0 radical (unpaired) electrons. The van der Waals surface area contributed by atoms with Gasteiger partial charge in [0.05, 0.1) is 18.9 Å². The van der Waals surface area contributed by atoms with E-state index in [9.17, 15) is 9.59 Å². The van der Waals surface area contributed by atoms with Gasteiger partial charge < -0.3 is 29.3 Å². The molecule has 8 nitrogen and oxygen atoms in total. The van der Waals surface area contributed by atoms with Gasteiger partial charge in [-0.1, -0.05) is 13.8 Å². The molecule has 3 heterocycles. The minimum absolute atomic E-state index is 0.00429. The van der Waals surface area contributed by atoms with E-state index in [1.807, 2.05) is 41.8 Å². The smallest absolute Gasteiger partial charge is 0.271 e. The topological polar surface area (TPSA) is 80.3 Å². The van der Waals surface area contributed by atoms with Crippen molar-refractivity contribution in [3.8, 4) is 5.75 Å². The zero-order chi connectivity index (χ0) is 26.1. The van der Waals surface area contributed by atoms with Gasteiger partial charge >= 0.3 is 0 Å². The molecular formula is C28H45N3O5. The third kappa shape index (κ3) is 6.21. The number of fused-ring (bicyclic) bond motifs is 1. The van der Waals surface area contributed by atoms with E-state index in [4.69, 9.17) is 14.2 Å². The Morgan fingerprint density at radius 3 is 2.64 bits per heavy atom. The molecule has 8 heteroatoms. The van der Waals surface area contributed by atoms with Crippen LogP contribution >= 0.6 is 0 Å². The highest BCUT2D eigenvalue weighted by atomic mass is 16.5. The lowest BCUT2D eigenvalue weighted by molar-refractivity contribution is -0.144. The first-order chi connectivity index (χ1) is 17.5. The van der Waals surface area contributed by atoms with E-state index in [0.717, 1.165) is 38.8 Å². The van der Waals surface area contributed by atoms with Gasteiger partial charge in [0.2, 0.25) is 0 Å². The second kappa shape index (κ2) is 13.4. The number of unbranched alkanes of at least 4 members (excludes halogenated alkanes) is 1. The largest absolute Gasteiger partial charge is 0.475 e. The Bertz CT molecular complexity index is 863. The highest BCUT2D eigenvalue weighted by molar-refractivity contribution is 6.05. The van der Waals surface area contributed by atoms with Crippen LogP contribution in [0.3, 0.4) is 0 Å². The van der Waals surface area contributed by atoms with Crippen molar-refractivity contribution >= 4 is 17.5 Å². The molecule has 1 N–H and O–H groups in total. The molecule has 1 spiro atoms. The van der Waals surface area contributed by atoms with Gasteiger partial charge in [0, 0.05) is 57.3 Å². The zero-order valence-electron chi connectivity index (χ0n) is 22.8. The molecule has 0 bridgehead atoms. The SMILES string of the molecule is CC.COCCCCN1C(=O)C2(CCOCC2)Oc2ccc(C(=O)N(C(C)C)[C@@H]3CCCNC3)cc21. The standard InChI is InChI=1S/C26H39N3O5.C2H6/c1-19(2)29(21-7-6-12-27-18-21)24(30)20-8-9-23-22(17-20)28(13-4-5-14-32-3)25(31)26(34-23)10-15-33-16-11-26;1-2/h8-9,17,19,21,27H,4-7,10-16,18H2,1-3H3;1-2H3/t21-;/m1./s1. The number of hydrogen-bond acceptors (Lipinski definition) is 6. The van der Waals surface area contributed by atoms with Gasteiger partial charge in [0.1, 0.15) is 5.75 Å². The monoisotopic (exact) mass is 503 g/mol. The maximum Gasteiger partial charge on any atom is 0.271 e. The Labute approximate surface area is 216 Å². The van der Waals surface area contributed by atoms with E-state index in [1.165, 1.54) is 0 Å². The number of hydrogen-bond donors (Lipinski definition) is 1. The predicted molar refractivity (Wildman–Crippen MR) is 142 cm³/mol. The first-order valence-electron chi connectivity index (χ1n) is 13.7. The summed E-state index contributed by atoms with van der Waals surface area (Å²) in [6, 6.07) is 5.82. The Balaban J connectivity index is 0.00000176. The Morgan fingerprint density at radius 2 is 2.00 bits per heavy atom. The zero-order valence-corrected chi connectivity index (χ0v) is 22.8. The predicted octanol–water partition coefficient (Wildman–Crippen LogP) is 4.02. The van der Waals surface area contributed by atoms with E-state index in [0.29, 0.717) is 56.2 Å². The highest BCUT2D eigenvalue weighted by Gasteiger charge is 2.49. The van der Waals surface area contributed by atoms with Crippen LogP contribution in [0.2, 0.25) is 0 Å². The van der Waals surface area contributed by atoms with Gasteiger partial charge in [0.15, 0.2) is 5.60 Å². The minimum atomic E-state index is -0.879. The van der Waals surface area contributed by atoms with Gasteiger partial charge in [-0.05, 0) is 64.3 Å². The lowest BCUT2D eigenvalue weighted by atomic mass is 9.89. The molecule has 2 saturated heterocycles. The molecule has 2 amide bonds. The molecule has 2 fully saturated rings. The number of anilines is 1. The van der Waals surface area contributed by atoms with Crippen LogP contribution in [0.5, 0.6) is 5.75 Å². The first-order valence-corrected chi connectivity index (χ1v) is 13.7. The van der Waals surface area contributed by atoms with E-state index in [-0.39, 0.29) is 23.9 Å². The average Bonchev–Trinajstić information content (AvgIpc) is 2.90. The van der Waals surface area contributed by atoms with E-state index >= 15 is 0 Å². The van der Waals surface area contributed by atoms with Gasteiger partial charge in [-0.3, -0.25) is 9.59 Å². The Morgan fingerprint density at radius 1 is 1.25 bits per heavy atom. The molecule has 3 aliphatic rings. The maximum absolute atomic E-state index is 13.7. The van der Waals surface area contributed by atoms with E-state index in [2.05, 4.69) is 19.2 Å². The van der Waals surface area contributed by atoms with Crippen molar-refractivity contribution < 1.29 is 23.8 Å². The Kier molecular flexibility index (Phi) is 10.6. The molecule has 4 rings (SSSR count).